The van der Waals surface area contributed by atoms with Crippen LogP contribution in [0.25, 0.3) is 10.1 Å². The van der Waals surface area contributed by atoms with Crippen LogP contribution >= 0.6 is 11.3 Å². The third kappa shape index (κ3) is 2.85. The Morgan fingerprint density at radius 1 is 1.35 bits per heavy atom. The zero-order chi connectivity index (χ0) is 12.3. The summed E-state index contributed by atoms with van der Waals surface area (Å²) in [4.78, 5) is 0. The Morgan fingerprint density at radius 2 is 2.12 bits per heavy atom. The number of rotatable bonds is 4. The number of nitrogens with zero attached hydrogens (tertiary/aromatic N) is 1. The molecule has 0 saturated heterocycles. The maximum Gasteiger partial charge on any atom is 0.0697 e. The molecule has 0 unspecified atom stereocenters. The van der Waals surface area contributed by atoms with E-state index in [-0.39, 0.29) is 5.41 Å². The van der Waals surface area contributed by atoms with Gasteiger partial charge in [0.15, 0.2) is 0 Å². The number of fused-ring (bicyclic) bond motifs is 1. The van der Waals surface area contributed by atoms with Crippen LogP contribution in [0.2, 0.25) is 0 Å². The molecule has 0 aliphatic heterocycles. The van der Waals surface area contributed by atoms with Gasteiger partial charge in [-0.2, -0.15) is 5.26 Å². The van der Waals surface area contributed by atoms with Gasteiger partial charge in [-0.25, -0.2) is 0 Å². The summed E-state index contributed by atoms with van der Waals surface area (Å²) in [5.41, 5.74) is 1.02. The summed E-state index contributed by atoms with van der Waals surface area (Å²) in [5, 5.41) is 15.8. The van der Waals surface area contributed by atoms with Crippen molar-refractivity contribution in [1.82, 2.24) is 5.32 Å². The van der Waals surface area contributed by atoms with Gasteiger partial charge in [-0.1, -0.05) is 18.2 Å². The summed E-state index contributed by atoms with van der Waals surface area (Å²) in [6, 6.07) is 10.7. The predicted octanol–water partition coefficient (Wildman–Crippen LogP) is 3.54. The molecule has 1 N–H and O–H groups in total. The van der Waals surface area contributed by atoms with Gasteiger partial charge in [0.05, 0.1) is 11.5 Å². The molecule has 0 aliphatic carbocycles. The van der Waals surface area contributed by atoms with Crippen molar-refractivity contribution in [2.24, 2.45) is 5.41 Å². The molecule has 0 spiro atoms. The van der Waals surface area contributed by atoms with E-state index in [0.717, 1.165) is 6.54 Å². The van der Waals surface area contributed by atoms with Crippen LogP contribution in [0.15, 0.2) is 29.6 Å². The number of nitriles is 1. The lowest BCUT2D eigenvalue weighted by Gasteiger charge is -2.15. The minimum atomic E-state index is -0.300. The molecule has 0 fully saturated rings. The first kappa shape index (κ1) is 12.1. The van der Waals surface area contributed by atoms with Crippen molar-refractivity contribution in [3.63, 3.8) is 0 Å². The third-order valence-electron chi connectivity index (χ3n) is 2.75. The van der Waals surface area contributed by atoms with E-state index in [1.54, 1.807) is 11.3 Å². The summed E-state index contributed by atoms with van der Waals surface area (Å²) in [6.07, 6.45) is 0. The number of hydrogen-bond acceptors (Lipinski definition) is 3. The molecule has 0 aliphatic rings. The van der Waals surface area contributed by atoms with Gasteiger partial charge >= 0.3 is 0 Å². The van der Waals surface area contributed by atoms with Crippen molar-refractivity contribution >= 4 is 21.4 Å². The van der Waals surface area contributed by atoms with Gasteiger partial charge in [0.25, 0.3) is 0 Å². The highest BCUT2D eigenvalue weighted by molar-refractivity contribution is 7.17. The van der Waals surface area contributed by atoms with E-state index >= 15 is 0 Å². The van der Waals surface area contributed by atoms with E-state index in [9.17, 15) is 0 Å². The van der Waals surface area contributed by atoms with Crippen molar-refractivity contribution in [2.75, 3.05) is 6.54 Å². The number of hydrogen-bond donors (Lipinski definition) is 1. The molecule has 0 atom stereocenters. The Morgan fingerprint density at radius 3 is 2.88 bits per heavy atom. The van der Waals surface area contributed by atoms with Crippen LogP contribution in [0.4, 0.5) is 0 Å². The Bertz CT molecular complexity index is 549. The first-order valence-corrected chi connectivity index (χ1v) is 6.57. The van der Waals surface area contributed by atoms with Gasteiger partial charge in [-0.05, 0) is 36.2 Å². The summed E-state index contributed by atoms with van der Waals surface area (Å²) in [7, 11) is 0. The zero-order valence-corrected chi connectivity index (χ0v) is 11.0. The standard InChI is InChI=1S/C14H16N2S/c1-14(2,9-15)10-16-7-11-8-17-13-6-4-3-5-12(11)13/h3-6,8,16H,7,10H2,1-2H3. The molecule has 88 valence electrons. The number of thiophene rings is 1. The van der Waals surface area contributed by atoms with Crippen LogP contribution in [0, 0.1) is 16.7 Å². The van der Waals surface area contributed by atoms with Gasteiger partial charge in [0.1, 0.15) is 0 Å². The fourth-order valence-corrected chi connectivity index (χ4v) is 2.68. The van der Waals surface area contributed by atoms with Crippen LogP contribution in [-0.2, 0) is 6.54 Å². The fourth-order valence-electron chi connectivity index (χ4n) is 1.72. The normalized spacial score (nSPS) is 11.6. The molecule has 2 aromatic rings. The van der Waals surface area contributed by atoms with Gasteiger partial charge in [-0.15, -0.1) is 11.3 Å². The number of nitrogens with one attached hydrogen (secondary N) is 1. The molecule has 3 heteroatoms. The summed E-state index contributed by atoms with van der Waals surface area (Å²) in [5.74, 6) is 0. The fraction of sp³-hybridized carbons (Fsp3) is 0.357. The summed E-state index contributed by atoms with van der Waals surface area (Å²) in [6.45, 7) is 5.44. The van der Waals surface area contributed by atoms with E-state index in [4.69, 9.17) is 5.26 Å². The molecule has 2 rings (SSSR count). The highest BCUT2D eigenvalue weighted by Crippen LogP contribution is 2.25. The lowest BCUT2D eigenvalue weighted by Crippen LogP contribution is -2.27. The smallest absolute Gasteiger partial charge is 0.0697 e. The second kappa shape index (κ2) is 4.87. The molecule has 1 aromatic carbocycles. The average molecular weight is 244 g/mol. The van der Waals surface area contributed by atoms with E-state index in [1.165, 1.54) is 15.6 Å². The van der Waals surface area contributed by atoms with Crippen molar-refractivity contribution in [1.29, 1.82) is 5.26 Å². The second-order valence-electron chi connectivity index (χ2n) is 4.86. The van der Waals surface area contributed by atoms with Gasteiger partial charge in [0.2, 0.25) is 0 Å². The molecular formula is C14H16N2S. The van der Waals surface area contributed by atoms with Crippen LogP contribution < -0.4 is 5.32 Å². The SMILES string of the molecule is CC(C)(C#N)CNCc1csc2ccccc12. The first-order valence-electron chi connectivity index (χ1n) is 5.69. The van der Waals surface area contributed by atoms with Crippen LogP contribution in [0.1, 0.15) is 19.4 Å². The third-order valence-corrected chi connectivity index (χ3v) is 3.76. The highest BCUT2D eigenvalue weighted by Gasteiger charge is 2.15. The summed E-state index contributed by atoms with van der Waals surface area (Å²) < 4.78 is 1.32. The Balaban J connectivity index is 2.03. The largest absolute Gasteiger partial charge is 0.311 e. The van der Waals surface area contributed by atoms with Crippen molar-refractivity contribution in [3.05, 3.63) is 35.2 Å². The monoisotopic (exact) mass is 244 g/mol. The van der Waals surface area contributed by atoms with Gasteiger partial charge < -0.3 is 5.32 Å². The molecule has 0 bridgehead atoms. The molecule has 17 heavy (non-hydrogen) atoms. The first-order chi connectivity index (χ1) is 8.12. The van der Waals surface area contributed by atoms with E-state index in [0.29, 0.717) is 6.54 Å². The quantitative estimate of drug-likeness (QED) is 0.893. The molecule has 0 saturated carbocycles. The molecule has 1 aromatic heterocycles. The lowest BCUT2D eigenvalue weighted by atomic mass is 9.96. The molecular weight excluding hydrogens is 228 g/mol. The molecule has 0 radical (unpaired) electrons. The lowest BCUT2D eigenvalue weighted by molar-refractivity contribution is 0.445. The Labute approximate surface area is 106 Å². The average Bonchev–Trinajstić information content (AvgIpc) is 2.73. The van der Waals surface area contributed by atoms with Crippen molar-refractivity contribution in [2.45, 2.75) is 20.4 Å². The Kier molecular flexibility index (Phi) is 3.46. The van der Waals surface area contributed by atoms with Gasteiger partial charge in [0, 0.05) is 17.8 Å². The predicted molar refractivity (Wildman–Crippen MR) is 72.9 cm³/mol. The molecule has 1 heterocycles. The Hall–Kier alpha value is -1.37. The maximum absolute atomic E-state index is 8.94. The van der Waals surface area contributed by atoms with E-state index in [1.807, 2.05) is 13.8 Å². The number of benzene rings is 1. The van der Waals surface area contributed by atoms with Gasteiger partial charge in [-0.3, -0.25) is 0 Å². The van der Waals surface area contributed by atoms with Crippen LogP contribution in [-0.4, -0.2) is 6.54 Å². The highest BCUT2D eigenvalue weighted by atomic mass is 32.1. The van der Waals surface area contributed by atoms with Crippen LogP contribution in [0.3, 0.4) is 0 Å². The minimum absolute atomic E-state index is 0.300. The molecule has 0 amide bonds. The van der Waals surface area contributed by atoms with E-state index in [2.05, 4.69) is 41.0 Å². The van der Waals surface area contributed by atoms with Crippen molar-refractivity contribution in [3.8, 4) is 6.07 Å². The topological polar surface area (TPSA) is 35.8 Å². The summed E-state index contributed by atoms with van der Waals surface area (Å²) >= 11 is 1.77. The minimum Gasteiger partial charge on any atom is -0.311 e. The van der Waals surface area contributed by atoms with Crippen molar-refractivity contribution < 1.29 is 0 Å². The molecule has 2 nitrogen and oxygen atoms in total. The zero-order valence-electron chi connectivity index (χ0n) is 10.2. The second-order valence-corrected chi connectivity index (χ2v) is 5.77. The van der Waals surface area contributed by atoms with E-state index < -0.39 is 0 Å². The van der Waals surface area contributed by atoms with Crippen LogP contribution in [0.5, 0.6) is 0 Å². The maximum atomic E-state index is 8.94.